The van der Waals surface area contributed by atoms with Crippen LogP contribution in [0.1, 0.15) is 23.8 Å². The van der Waals surface area contributed by atoms with E-state index in [-0.39, 0.29) is 24.0 Å². The van der Waals surface area contributed by atoms with Crippen LogP contribution in [0, 0.1) is 0 Å². The van der Waals surface area contributed by atoms with Crippen LogP contribution in [-0.2, 0) is 4.74 Å². The largest absolute Gasteiger partial charge is 0.379 e. The van der Waals surface area contributed by atoms with E-state index in [1.807, 2.05) is 18.4 Å². The molecule has 148 valence electrons. The van der Waals surface area contributed by atoms with E-state index in [9.17, 15) is 0 Å². The van der Waals surface area contributed by atoms with Gasteiger partial charge in [-0.2, -0.15) is 0 Å². The molecule has 0 spiro atoms. The maximum Gasteiger partial charge on any atom is 0.191 e. The fourth-order valence-electron chi connectivity index (χ4n) is 3.65. The molecule has 0 amide bonds. The Kier molecular flexibility index (Phi) is 9.62. The topological polar surface area (TPSA) is 52.1 Å². The van der Waals surface area contributed by atoms with Crippen LogP contribution in [-0.4, -0.2) is 81.8 Å². The van der Waals surface area contributed by atoms with Crippen LogP contribution in [0.2, 0.25) is 0 Å². The number of morpholine rings is 1. The lowest BCUT2D eigenvalue weighted by molar-refractivity contribution is 0.0177. The Labute approximate surface area is 178 Å². The van der Waals surface area contributed by atoms with Gasteiger partial charge in [0, 0.05) is 44.1 Å². The number of ether oxygens (including phenoxy) is 1. The predicted molar refractivity (Wildman–Crippen MR) is 120 cm³/mol. The van der Waals surface area contributed by atoms with Gasteiger partial charge in [-0.05, 0) is 37.9 Å². The Morgan fingerprint density at radius 1 is 1.35 bits per heavy atom. The van der Waals surface area contributed by atoms with Gasteiger partial charge in [-0.3, -0.25) is 9.89 Å². The van der Waals surface area contributed by atoms with Crippen LogP contribution in [0.4, 0.5) is 0 Å². The summed E-state index contributed by atoms with van der Waals surface area (Å²) in [5, 5.41) is 9.20. The Morgan fingerprint density at radius 2 is 2.15 bits per heavy atom. The van der Waals surface area contributed by atoms with Crippen LogP contribution in [0.15, 0.2) is 22.5 Å². The number of nitrogens with zero attached hydrogens (tertiary/aromatic N) is 3. The van der Waals surface area contributed by atoms with E-state index in [2.05, 4.69) is 50.0 Å². The quantitative estimate of drug-likeness (QED) is 0.361. The molecule has 1 aromatic rings. The van der Waals surface area contributed by atoms with Gasteiger partial charge in [-0.25, -0.2) is 0 Å². The zero-order valence-corrected chi connectivity index (χ0v) is 19.0. The molecule has 2 aliphatic heterocycles. The van der Waals surface area contributed by atoms with Crippen molar-refractivity contribution in [3.63, 3.8) is 0 Å². The van der Waals surface area contributed by atoms with Crippen molar-refractivity contribution < 1.29 is 4.74 Å². The van der Waals surface area contributed by atoms with Gasteiger partial charge in [-0.1, -0.05) is 6.07 Å². The van der Waals surface area contributed by atoms with Crippen molar-refractivity contribution in [2.24, 2.45) is 4.99 Å². The minimum atomic E-state index is 0. The second kappa shape index (κ2) is 11.4. The number of rotatable bonds is 6. The molecule has 8 heteroatoms. The summed E-state index contributed by atoms with van der Waals surface area (Å²) in [5.41, 5.74) is 0. The number of halogens is 1. The number of likely N-dealkylation sites (tertiary alicyclic amines) is 1. The van der Waals surface area contributed by atoms with Gasteiger partial charge in [-0.15, -0.1) is 35.3 Å². The van der Waals surface area contributed by atoms with E-state index in [4.69, 9.17) is 4.74 Å². The number of hydrogen-bond donors (Lipinski definition) is 2. The molecular weight excluding hydrogens is 461 g/mol. The summed E-state index contributed by atoms with van der Waals surface area (Å²) in [7, 11) is 4.06. The van der Waals surface area contributed by atoms with Gasteiger partial charge >= 0.3 is 0 Å². The highest BCUT2D eigenvalue weighted by molar-refractivity contribution is 14.0. The van der Waals surface area contributed by atoms with Crippen molar-refractivity contribution in [1.29, 1.82) is 0 Å². The number of likely N-dealkylation sites (N-methyl/N-ethyl adjacent to an activating group) is 1. The standard InChI is InChI=1S/C18H31N5OS.HI/c1-19-18(20-13-15-5-3-7-22(15)2)21-14-16(17-6-4-12-25-17)23-8-10-24-11-9-23;/h4,6,12,15-16H,3,5,7-11,13-14H2,1-2H3,(H2,19,20,21);1H. The Morgan fingerprint density at radius 3 is 2.77 bits per heavy atom. The van der Waals surface area contributed by atoms with Gasteiger partial charge in [0.2, 0.25) is 0 Å². The van der Waals surface area contributed by atoms with Crippen LogP contribution >= 0.6 is 35.3 Å². The zero-order chi connectivity index (χ0) is 17.5. The highest BCUT2D eigenvalue weighted by Gasteiger charge is 2.24. The molecule has 3 heterocycles. The van der Waals surface area contributed by atoms with Gasteiger partial charge < -0.3 is 20.3 Å². The van der Waals surface area contributed by atoms with E-state index < -0.39 is 0 Å². The maximum absolute atomic E-state index is 5.52. The smallest absolute Gasteiger partial charge is 0.191 e. The fraction of sp³-hybridized carbons (Fsp3) is 0.722. The van der Waals surface area contributed by atoms with Gasteiger partial charge in [0.05, 0.1) is 19.3 Å². The second-order valence-corrected chi connectivity index (χ2v) is 7.77. The zero-order valence-electron chi connectivity index (χ0n) is 15.8. The van der Waals surface area contributed by atoms with Crippen molar-refractivity contribution >= 4 is 41.3 Å². The minimum Gasteiger partial charge on any atom is -0.379 e. The van der Waals surface area contributed by atoms with E-state index in [1.54, 1.807) is 0 Å². The molecule has 0 aromatic carbocycles. The summed E-state index contributed by atoms with van der Waals surface area (Å²) in [6.07, 6.45) is 2.57. The Hall–Kier alpha value is -0.420. The molecule has 2 aliphatic rings. The number of hydrogen-bond acceptors (Lipinski definition) is 5. The normalized spacial score (nSPS) is 23.5. The second-order valence-electron chi connectivity index (χ2n) is 6.79. The average molecular weight is 493 g/mol. The number of guanidine groups is 1. The monoisotopic (exact) mass is 493 g/mol. The van der Waals surface area contributed by atoms with Crippen molar-refractivity contribution in [3.8, 4) is 0 Å². The number of nitrogens with one attached hydrogen (secondary N) is 2. The summed E-state index contributed by atoms with van der Waals surface area (Å²) >= 11 is 1.83. The summed E-state index contributed by atoms with van der Waals surface area (Å²) in [6.45, 7) is 6.64. The highest BCUT2D eigenvalue weighted by Crippen LogP contribution is 2.25. The molecule has 2 N–H and O–H groups in total. The molecule has 2 fully saturated rings. The molecule has 2 unspecified atom stereocenters. The molecule has 0 bridgehead atoms. The van der Waals surface area contributed by atoms with Crippen LogP contribution in [0.3, 0.4) is 0 Å². The molecule has 6 nitrogen and oxygen atoms in total. The van der Waals surface area contributed by atoms with E-state index in [0.29, 0.717) is 12.1 Å². The average Bonchev–Trinajstić information content (AvgIpc) is 3.31. The molecule has 26 heavy (non-hydrogen) atoms. The van der Waals surface area contributed by atoms with Crippen LogP contribution in [0.25, 0.3) is 0 Å². The fourth-order valence-corrected chi connectivity index (χ4v) is 4.51. The number of thiophene rings is 1. The molecule has 0 saturated carbocycles. The molecule has 3 rings (SSSR count). The predicted octanol–water partition coefficient (Wildman–Crippen LogP) is 2.00. The highest BCUT2D eigenvalue weighted by atomic mass is 127. The maximum atomic E-state index is 5.52. The molecule has 0 radical (unpaired) electrons. The van der Waals surface area contributed by atoms with Gasteiger partial charge in [0.25, 0.3) is 0 Å². The summed E-state index contributed by atoms with van der Waals surface area (Å²) in [6, 6.07) is 5.36. The van der Waals surface area contributed by atoms with E-state index in [1.165, 1.54) is 24.3 Å². The molecule has 2 saturated heterocycles. The minimum absolute atomic E-state index is 0. The lowest BCUT2D eigenvalue weighted by atomic mass is 10.2. The summed E-state index contributed by atoms with van der Waals surface area (Å²) in [4.78, 5) is 10.8. The van der Waals surface area contributed by atoms with Crippen LogP contribution in [0.5, 0.6) is 0 Å². The Bertz CT molecular complexity index is 536. The first kappa shape index (κ1) is 21.9. The summed E-state index contributed by atoms with van der Waals surface area (Å²) in [5.74, 6) is 0.898. The first-order valence-corrected chi connectivity index (χ1v) is 10.2. The first-order chi connectivity index (χ1) is 12.3. The van der Waals surface area contributed by atoms with E-state index >= 15 is 0 Å². The van der Waals surface area contributed by atoms with Gasteiger partial charge in [0.1, 0.15) is 0 Å². The Balaban J connectivity index is 0.00000243. The SMILES string of the molecule is CN=C(NCC1CCCN1C)NCC(c1cccs1)N1CCOCC1.I. The third-order valence-corrected chi connectivity index (χ3v) is 6.19. The number of aliphatic imine (C=N–C) groups is 1. The molecule has 0 aliphatic carbocycles. The third-order valence-electron chi connectivity index (χ3n) is 5.22. The lowest BCUT2D eigenvalue weighted by Gasteiger charge is -2.34. The molecule has 2 atom stereocenters. The van der Waals surface area contributed by atoms with Crippen molar-refractivity contribution in [1.82, 2.24) is 20.4 Å². The summed E-state index contributed by atoms with van der Waals surface area (Å²) < 4.78 is 5.52. The van der Waals surface area contributed by atoms with E-state index in [0.717, 1.165) is 45.4 Å². The lowest BCUT2D eigenvalue weighted by Crippen LogP contribution is -2.48. The van der Waals surface area contributed by atoms with Crippen molar-refractivity contribution in [3.05, 3.63) is 22.4 Å². The van der Waals surface area contributed by atoms with Crippen LogP contribution < -0.4 is 10.6 Å². The van der Waals surface area contributed by atoms with Crippen molar-refractivity contribution in [2.45, 2.75) is 24.9 Å². The molecule has 1 aromatic heterocycles. The first-order valence-electron chi connectivity index (χ1n) is 9.28. The molecular formula is C18H32IN5OS. The third kappa shape index (κ3) is 6.05. The van der Waals surface area contributed by atoms with Crippen molar-refractivity contribution in [2.75, 3.05) is 60.0 Å². The van der Waals surface area contributed by atoms with Gasteiger partial charge in [0.15, 0.2) is 5.96 Å².